The summed E-state index contributed by atoms with van der Waals surface area (Å²) in [7, 11) is 0. The number of rotatable bonds is 5. The molecule has 4 nitrogen and oxygen atoms in total. The van der Waals surface area contributed by atoms with Gasteiger partial charge < -0.3 is 10.2 Å². The lowest BCUT2D eigenvalue weighted by Crippen LogP contribution is -2.41. The van der Waals surface area contributed by atoms with Crippen molar-refractivity contribution < 1.29 is 14.0 Å². The molecule has 5 heteroatoms. The summed E-state index contributed by atoms with van der Waals surface area (Å²) in [5, 5.41) is 2.97. The number of halogens is 1. The molecule has 1 saturated heterocycles. The van der Waals surface area contributed by atoms with Crippen LogP contribution >= 0.6 is 0 Å². The molecule has 2 amide bonds. The van der Waals surface area contributed by atoms with Crippen LogP contribution in [0.15, 0.2) is 24.3 Å². The second-order valence-electron chi connectivity index (χ2n) is 6.62. The Bertz CT molecular complexity index is 552. The van der Waals surface area contributed by atoms with Gasteiger partial charge >= 0.3 is 0 Å². The number of carbonyl (C=O) groups excluding carboxylic acids is 2. The molecule has 1 N–H and O–H groups in total. The number of likely N-dealkylation sites (tertiary alicyclic amines) is 1. The van der Waals surface area contributed by atoms with Gasteiger partial charge in [-0.25, -0.2) is 4.39 Å². The molecule has 1 aliphatic rings. The molecule has 1 heterocycles. The Morgan fingerprint density at radius 1 is 1.26 bits per heavy atom. The summed E-state index contributed by atoms with van der Waals surface area (Å²) in [6, 6.07) is 6.09. The Balaban J connectivity index is 1.79. The summed E-state index contributed by atoms with van der Waals surface area (Å²) in [6.07, 6.45) is 2.22. The van der Waals surface area contributed by atoms with E-state index in [0.717, 1.165) is 12.8 Å². The predicted molar refractivity (Wildman–Crippen MR) is 87.5 cm³/mol. The number of carbonyl (C=O) groups is 2. The highest BCUT2D eigenvalue weighted by molar-refractivity contribution is 5.94. The van der Waals surface area contributed by atoms with Crippen LogP contribution in [0.3, 0.4) is 0 Å². The molecule has 23 heavy (non-hydrogen) atoms. The lowest BCUT2D eigenvalue weighted by molar-refractivity contribution is -0.122. The normalized spacial score (nSPS) is 15.7. The maximum atomic E-state index is 13.7. The van der Waals surface area contributed by atoms with Crippen LogP contribution in [-0.4, -0.2) is 36.3 Å². The van der Waals surface area contributed by atoms with Gasteiger partial charge in [-0.15, -0.1) is 0 Å². The van der Waals surface area contributed by atoms with E-state index in [1.807, 2.05) is 13.8 Å². The van der Waals surface area contributed by atoms with Gasteiger partial charge in [0.05, 0.1) is 5.56 Å². The van der Waals surface area contributed by atoms with Crippen molar-refractivity contribution in [1.82, 2.24) is 10.2 Å². The van der Waals surface area contributed by atoms with E-state index in [2.05, 4.69) is 5.32 Å². The van der Waals surface area contributed by atoms with Crippen LogP contribution in [0.4, 0.5) is 4.39 Å². The van der Waals surface area contributed by atoms with Crippen molar-refractivity contribution in [2.24, 2.45) is 11.8 Å². The highest BCUT2D eigenvalue weighted by atomic mass is 19.1. The van der Waals surface area contributed by atoms with Crippen LogP contribution in [0.1, 0.15) is 43.5 Å². The molecule has 1 fully saturated rings. The maximum absolute atomic E-state index is 13.7. The molecule has 0 saturated carbocycles. The van der Waals surface area contributed by atoms with E-state index in [-0.39, 0.29) is 17.4 Å². The van der Waals surface area contributed by atoms with E-state index in [1.165, 1.54) is 12.1 Å². The lowest BCUT2D eigenvalue weighted by Gasteiger charge is -2.32. The smallest absolute Gasteiger partial charge is 0.256 e. The third-order valence-electron chi connectivity index (χ3n) is 4.19. The molecule has 0 spiro atoms. The topological polar surface area (TPSA) is 49.4 Å². The van der Waals surface area contributed by atoms with Crippen LogP contribution in [-0.2, 0) is 4.79 Å². The molecule has 2 rings (SSSR count). The van der Waals surface area contributed by atoms with Gasteiger partial charge in [0.15, 0.2) is 0 Å². The van der Waals surface area contributed by atoms with Crippen molar-refractivity contribution in [1.29, 1.82) is 0 Å². The average molecular weight is 320 g/mol. The van der Waals surface area contributed by atoms with Crippen molar-refractivity contribution in [2.75, 3.05) is 19.6 Å². The molecule has 0 aromatic heterocycles. The molecular weight excluding hydrogens is 295 g/mol. The third kappa shape index (κ3) is 5.05. The number of hydrogen-bond donors (Lipinski definition) is 1. The van der Waals surface area contributed by atoms with Crippen LogP contribution in [0, 0.1) is 17.7 Å². The van der Waals surface area contributed by atoms with Gasteiger partial charge in [0.2, 0.25) is 5.91 Å². The molecule has 1 aliphatic heterocycles. The van der Waals surface area contributed by atoms with Crippen LogP contribution in [0.25, 0.3) is 0 Å². The monoisotopic (exact) mass is 320 g/mol. The van der Waals surface area contributed by atoms with Crippen molar-refractivity contribution in [3.63, 3.8) is 0 Å². The molecule has 0 radical (unpaired) electrons. The number of hydrogen-bond acceptors (Lipinski definition) is 2. The molecule has 1 aromatic carbocycles. The first-order valence-corrected chi connectivity index (χ1v) is 8.28. The third-order valence-corrected chi connectivity index (χ3v) is 4.19. The minimum atomic E-state index is -0.472. The van der Waals surface area contributed by atoms with Gasteiger partial charge in [0, 0.05) is 26.1 Å². The predicted octanol–water partition coefficient (Wildman–Crippen LogP) is 2.84. The van der Waals surface area contributed by atoms with E-state index in [4.69, 9.17) is 0 Å². The first kappa shape index (κ1) is 17.4. The average Bonchev–Trinajstić information content (AvgIpc) is 2.53. The zero-order valence-corrected chi connectivity index (χ0v) is 13.8. The zero-order valence-electron chi connectivity index (χ0n) is 13.8. The number of benzene rings is 1. The summed E-state index contributed by atoms with van der Waals surface area (Å²) in [5.41, 5.74) is 0.135. The summed E-state index contributed by atoms with van der Waals surface area (Å²) in [5.74, 6) is 0.113. The highest BCUT2D eigenvalue weighted by Gasteiger charge is 2.25. The van der Waals surface area contributed by atoms with Gasteiger partial charge in [-0.1, -0.05) is 26.0 Å². The molecule has 1 aromatic rings. The minimum Gasteiger partial charge on any atom is -0.356 e. The van der Waals surface area contributed by atoms with E-state index in [0.29, 0.717) is 37.9 Å². The SMILES string of the molecule is CC(C)CC(=O)NCC1CCN(C(=O)c2ccccc2F)CC1. The fourth-order valence-electron chi connectivity index (χ4n) is 2.85. The fourth-order valence-corrected chi connectivity index (χ4v) is 2.85. The molecule has 126 valence electrons. The van der Waals surface area contributed by atoms with Gasteiger partial charge in [-0.05, 0) is 36.8 Å². The van der Waals surface area contributed by atoms with Crippen LogP contribution in [0.5, 0.6) is 0 Å². The van der Waals surface area contributed by atoms with Gasteiger partial charge in [0.1, 0.15) is 5.82 Å². The lowest BCUT2D eigenvalue weighted by atomic mass is 9.96. The second kappa shape index (κ2) is 8.09. The zero-order chi connectivity index (χ0) is 16.8. The van der Waals surface area contributed by atoms with Crippen molar-refractivity contribution in [3.8, 4) is 0 Å². The summed E-state index contributed by atoms with van der Waals surface area (Å²) < 4.78 is 13.7. The Labute approximate surface area is 137 Å². The van der Waals surface area contributed by atoms with E-state index in [9.17, 15) is 14.0 Å². The van der Waals surface area contributed by atoms with Gasteiger partial charge in [-0.3, -0.25) is 9.59 Å². The minimum absolute atomic E-state index is 0.0878. The number of piperidine rings is 1. The summed E-state index contributed by atoms with van der Waals surface area (Å²) >= 11 is 0. The molecule has 0 aliphatic carbocycles. The Hall–Kier alpha value is -1.91. The highest BCUT2D eigenvalue weighted by Crippen LogP contribution is 2.19. The van der Waals surface area contributed by atoms with Crippen molar-refractivity contribution in [2.45, 2.75) is 33.1 Å². The van der Waals surface area contributed by atoms with Crippen LogP contribution in [0.2, 0.25) is 0 Å². The van der Waals surface area contributed by atoms with E-state index < -0.39 is 5.82 Å². The Morgan fingerprint density at radius 2 is 1.91 bits per heavy atom. The summed E-state index contributed by atoms with van der Waals surface area (Å²) in [4.78, 5) is 25.7. The first-order chi connectivity index (χ1) is 11.0. The molecule has 0 bridgehead atoms. The second-order valence-corrected chi connectivity index (χ2v) is 6.62. The number of nitrogens with one attached hydrogen (secondary N) is 1. The van der Waals surface area contributed by atoms with Crippen molar-refractivity contribution in [3.05, 3.63) is 35.6 Å². The van der Waals surface area contributed by atoms with E-state index in [1.54, 1.807) is 17.0 Å². The molecule has 0 unspecified atom stereocenters. The Kier molecular flexibility index (Phi) is 6.13. The Morgan fingerprint density at radius 3 is 2.52 bits per heavy atom. The van der Waals surface area contributed by atoms with Crippen molar-refractivity contribution >= 4 is 11.8 Å². The first-order valence-electron chi connectivity index (χ1n) is 8.28. The van der Waals surface area contributed by atoms with Gasteiger partial charge in [0.25, 0.3) is 5.91 Å². The maximum Gasteiger partial charge on any atom is 0.256 e. The van der Waals surface area contributed by atoms with E-state index >= 15 is 0 Å². The summed E-state index contributed by atoms with van der Waals surface area (Å²) in [6.45, 7) is 5.92. The molecular formula is C18H25FN2O2. The van der Waals surface area contributed by atoms with Gasteiger partial charge in [-0.2, -0.15) is 0 Å². The molecule has 0 atom stereocenters. The quantitative estimate of drug-likeness (QED) is 0.907. The fraction of sp³-hybridized carbons (Fsp3) is 0.556. The number of amides is 2. The number of nitrogens with zero attached hydrogens (tertiary/aromatic N) is 1. The largest absolute Gasteiger partial charge is 0.356 e. The standard InChI is InChI=1S/C18H25FN2O2/c1-13(2)11-17(22)20-12-14-7-9-21(10-8-14)18(23)15-5-3-4-6-16(15)19/h3-6,13-14H,7-12H2,1-2H3,(H,20,22). The van der Waals surface area contributed by atoms with Crippen LogP contribution < -0.4 is 5.32 Å².